The van der Waals surface area contributed by atoms with Crippen LogP contribution in [0, 0.1) is 11.8 Å². The van der Waals surface area contributed by atoms with Crippen LogP contribution in [-0.2, 0) is 0 Å². The highest BCUT2D eigenvalue weighted by Gasteiger charge is 1.98. The fourth-order valence-electron chi connectivity index (χ4n) is 1.28. The second-order valence-corrected chi connectivity index (χ2v) is 6.55. The molecule has 0 bridgehead atoms. The lowest BCUT2D eigenvalue weighted by atomic mass is 10.2. The quantitative estimate of drug-likeness (QED) is 0.424. The van der Waals surface area contributed by atoms with Gasteiger partial charge in [-0.05, 0) is 11.8 Å². The van der Waals surface area contributed by atoms with Crippen molar-refractivity contribution in [1.29, 1.82) is 0 Å². The van der Waals surface area contributed by atoms with Crippen LogP contribution in [0.2, 0.25) is 10.6 Å². The van der Waals surface area contributed by atoms with E-state index in [1.807, 2.05) is 0 Å². The second kappa shape index (κ2) is 7.20. The summed E-state index contributed by atoms with van der Waals surface area (Å²) in [5.41, 5.74) is 0. The van der Waals surface area contributed by atoms with E-state index in [-0.39, 0.29) is 1.43 Å². The highest BCUT2D eigenvalue weighted by molar-refractivity contribution is 6.35. The molecule has 0 aromatic rings. The SMILES string of the molecule is CC(C)C[CH2][AlH][CH2]CC(C)C.[HH]. The van der Waals surface area contributed by atoms with Gasteiger partial charge in [0.1, 0.15) is 0 Å². The fourth-order valence-corrected chi connectivity index (χ4v) is 3.85. The van der Waals surface area contributed by atoms with Crippen molar-refractivity contribution in [2.24, 2.45) is 11.8 Å². The van der Waals surface area contributed by atoms with Crippen LogP contribution < -0.4 is 0 Å². The zero-order chi connectivity index (χ0) is 8.69. The molecule has 0 saturated heterocycles. The zero-order valence-electron chi connectivity index (χ0n) is 8.69. The molecule has 0 amide bonds. The molecule has 0 aromatic heterocycles. The molecule has 0 aliphatic carbocycles. The van der Waals surface area contributed by atoms with Crippen LogP contribution >= 0.6 is 0 Å². The molecule has 0 aliphatic rings. The van der Waals surface area contributed by atoms with E-state index in [4.69, 9.17) is 0 Å². The molecule has 0 spiro atoms. The minimum absolute atomic E-state index is 0. The first kappa shape index (κ1) is 11.5. The molecule has 0 nitrogen and oxygen atoms in total. The summed E-state index contributed by atoms with van der Waals surface area (Å²) >= 11 is 0.326. The summed E-state index contributed by atoms with van der Waals surface area (Å²) in [6, 6.07) is 0. The monoisotopic (exact) mass is 172 g/mol. The first-order valence-corrected chi connectivity index (χ1v) is 7.13. The van der Waals surface area contributed by atoms with Crippen molar-refractivity contribution in [3.05, 3.63) is 0 Å². The first-order valence-electron chi connectivity index (χ1n) is 5.13. The molecule has 0 heterocycles. The molecule has 0 N–H and O–H groups in total. The summed E-state index contributed by atoms with van der Waals surface area (Å²) in [6.07, 6.45) is 2.95. The molecule has 0 aliphatic heterocycles. The van der Waals surface area contributed by atoms with Crippen LogP contribution in [0.3, 0.4) is 0 Å². The Morgan fingerprint density at radius 1 is 0.909 bits per heavy atom. The van der Waals surface area contributed by atoms with Gasteiger partial charge in [-0.25, -0.2) is 0 Å². The summed E-state index contributed by atoms with van der Waals surface area (Å²) < 4.78 is 0. The fraction of sp³-hybridized carbons (Fsp3) is 1.00. The molecule has 1 heteroatoms. The van der Waals surface area contributed by atoms with E-state index in [0.717, 1.165) is 11.8 Å². The maximum absolute atomic E-state index is 2.33. The summed E-state index contributed by atoms with van der Waals surface area (Å²) in [7, 11) is 0. The van der Waals surface area contributed by atoms with Gasteiger partial charge in [-0.15, -0.1) is 0 Å². The Labute approximate surface area is 80.0 Å². The standard InChI is InChI=1S/2C5H11.Al.H2.H/c2*1-4-5(2)3;;;/h2*5H,1,4H2,2-3H3;;1H;. The topological polar surface area (TPSA) is 0 Å². The van der Waals surface area contributed by atoms with E-state index < -0.39 is 0 Å². The second-order valence-electron chi connectivity index (χ2n) is 4.43. The average Bonchev–Trinajstić information content (AvgIpc) is 1.85. The summed E-state index contributed by atoms with van der Waals surface area (Å²) in [5, 5.41) is 3.15. The molecule has 11 heavy (non-hydrogen) atoms. The van der Waals surface area contributed by atoms with Gasteiger partial charge in [0.15, 0.2) is 0 Å². The Bertz CT molecular complexity index is 71.9. The number of hydrogen-bond acceptors (Lipinski definition) is 0. The lowest BCUT2D eigenvalue weighted by Crippen LogP contribution is -1.96. The predicted octanol–water partition coefficient (Wildman–Crippen LogP) is 3.60. The van der Waals surface area contributed by atoms with Crippen LogP contribution in [0.1, 0.15) is 42.0 Å². The van der Waals surface area contributed by atoms with Gasteiger partial charge in [-0.3, -0.25) is 0 Å². The van der Waals surface area contributed by atoms with Gasteiger partial charge in [-0.1, -0.05) is 51.1 Å². The average molecular weight is 172 g/mol. The third-order valence-electron chi connectivity index (χ3n) is 2.06. The van der Waals surface area contributed by atoms with E-state index in [9.17, 15) is 0 Å². The van der Waals surface area contributed by atoms with Crippen molar-refractivity contribution in [1.82, 2.24) is 0 Å². The molecular formula is C10H25Al. The molecule has 0 unspecified atom stereocenters. The van der Waals surface area contributed by atoms with Crippen LogP contribution in [0.5, 0.6) is 0 Å². The number of hydrogen-bond donors (Lipinski definition) is 0. The van der Waals surface area contributed by atoms with Crippen LogP contribution in [0.4, 0.5) is 0 Å². The molecule has 0 atom stereocenters. The number of rotatable bonds is 6. The van der Waals surface area contributed by atoms with Crippen molar-refractivity contribution in [3.8, 4) is 0 Å². The summed E-state index contributed by atoms with van der Waals surface area (Å²) in [6.45, 7) is 9.32. The lowest BCUT2D eigenvalue weighted by molar-refractivity contribution is 0.611. The molecule has 0 aromatic carbocycles. The summed E-state index contributed by atoms with van der Waals surface area (Å²) in [5.74, 6) is 1.86. The molecule has 0 saturated carbocycles. The summed E-state index contributed by atoms with van der Waals surface area (Å²) in [4.78, 5) is 0. The predicted molar refractivity (Wildman–Crippen MR) is 57.8 cm³/mol. The Hall–Kier alpha value is 0.532. The van der Waals surface area contributed by atoms with E-state index >= 15 is 0 Å². The van der Waals surface area contributed by atoms with E-state index in [1.54, 1.807) is 10.6 Å². The minimum atomic E-state index is 0. The molecule has 0 radical (unpaired) electrons. The van der Waals surface area contributed by atoms with Gasteiger partial charge in [0.2, 0.25) is 15.2 Å². The molecule has 0 fully saturated rings. The van der Waals surface area contributed by atoms with Gasteiger partial charge in [0.05, 0.1) is 0 Å². The van der Waals surface area contributed by atoms with Crippen LogP contribution in [-0.4, -0.2) is 15.2 Å². The van der Waals surface area contributed by atoms with Gasteiger partial charge in [0, 0.05) is 1.43 Å². The minimum Gasteiger partial charge on any atom is -0.0970 e. The van der Waals surface area contributed by atoms with Gasteiger partial charge < -0.3 is 0 Å². The first-order chi connectivity index (χ1) is 5.13. The van der Waals surface area contributed by atoms with E-state index in [1.165, 1.54) is 12.8 Å². The van der Waals surface area contributed by atoms with Crippen molar-refractivity contribution < 1.29 is 1.43 Å². The normalized spacial score (nSPS) is 11.1. The Balaban J connectivity index is 0. The Kier molecular flexibility index (Phi) is 7.54. The van der Waals surface area contributed by atoms with Crippen molar-refractivity contribution in [2.45, 2.75) is 51.1 Å². The highest BCUT2D eigenvalue weighted by atomic mass is 27.1. The smallest absolute Gasteiger partial charge is 0.0970 e. The van der Waals surface area contributed by atoms with Crippen molar-refractivity contribution >= 4 is 15.2 Å². The third kappa shape index (κ3) is 10.5. The van der Waals surface area contributed by atoms with E-state index in [2.05, 4.69) is 27.7 Å². The Morgan fingerprint density at radius 2 is 1.27 bits per heavy atom. The van der Waals surface area contributed by atoms with Gasteiger partial charge in [0.25, 0.3) is 0 Å². The van der Waals surface area contributed by atoms with Gasteiger partial charge in [-0.2, -0.15) is 0 Å². The largest absolute Gasteiger partial charge is 0.236 e. The van der Waals surface area contributed by atoms with Crippen molar-refractivity contribution in [3.63, 3.8) is 0 Å². The zero-order valence-corrected chi connectivity index (χ0v) is 10.1. The highest BCUT2D eigenvalue weighted by Crippen LogP contribution is 2.08. The molecular weight excluding hydrogens is 147 g/mol. The van der Waals surface area contributed by atoms with E-state index in [0.29, 0.717) is 15.2 Å². The molecule has 0 rings (SSSR count). The lowest BCUT2D eigenvalue weighted by Gasteiger charge is -2.03. The van der Waals surface area contributed by atoms with Crippen LogP contribution in [0.25, 0.3) is 0 Å². The van der Waals surface area contributed by atoms with Crippen LogP contribution in [0.15, 0.2) is 0 Å². The maximum atomic E-state index is 2.33. The Morgan fingerprint density at radius 3 is 1.55 bits per heavy atom. The van der Waals surface area contributed by atoms with Crippen molar-refractivity contribution in [2.75, 3.05) is 0 Å². The maximum Gasteiger partial charge on any atom is 0.236 e. The third-order valence-corrected chi connectivity index (χ3v) is 3.88. The van der Waals surface area contributed by atoms with Gasteiger partial charge >= 0.3 is 0 Å². The molecule has 68 valence electrons.